The topological polar surface area (TPSA) is 134 Å². The van der Waals surface area contributed by atoms with Crippen molar-refractivity contribution in [3.8, 4) is 0 Å². The molecule has 0 aromatic rings. The summed E-state index contributed by atoms with van der Waals surface area (Å²) in [6, 6.07) is 0.157. The first kappa shape index (κ1) is 21.0. The Morgan fingerprint density at radius 3 is 1.58 bits per heavy atom. The minimum Gasteiger partial charge on any atom is -0.392 e. The number of hydrogen-bond donors (Lipinski definition) is 7. The number of aliphatic hydroxyl groups is 1. The molecule has 7 nitrogen and oxygen atoms in total. The number of nitrogens with one attached hydrogen (secondary N) is 3. The van der Waals surface area contributed by atoms with Crippen molar-refractivity contribution in [2.75, 3.05) is 52.4 Å². The SMILES string of the molecule is CC(O)C(C)NCCNCCN.NCCNCCN. The van der Waals surface area contributed by atoms with Crippen molar-refractivity contribution in [1.82, 2.24) is 16.0 Å². The van der Waals surface area contributed by atoms with Gasteiger partial charge in [-0.05, 0) is 13.8 Å². The summed E-state index contributed by atoms with van der Waals surface area (Å²) < 4.78 is 0. The lowest BCUT2D eigenvalue weighted by Crippen LogP contribution is -2.40. The fourth-order valence-corrected chi connectivity index (χ4v) is 1.11. The first-order chi connectivity index (χ1) is 9.09. The molecule has 0 aromatic heterocycles. The van der Waals surface area contributed by atoms with E-state index in [2.05, 4.69) is 16.0 Å². The molecule has 2 atom stereocenters. The zero-order valence-electron chi connectivity index (χ0n) is 12.5. The zero-order chi connectivity index (χ0) is 14.9. The van der Waals surface area contributed by atoms with Crippen LogP contribution in [0, 0.1) is 0 Å². The second kappa shape index (κ2) is 17.7. The highest BCUT2D eigenvalue weighted by Crippen LogP contribution is 1.88. The zero-order valence-corrected chi connectivity index (χ0v) is 12.5. The lowest BCUT2D eigenvalue weighted by molar-refractivity contribution is 0.153. The Bertz CT molecular complexity index is 155. The molecule has 0 aliphatic heterocycles. The summed E-state index contributed by atoms with van der Waals surface area (Å²) >= 11 is 0. The molecule has 0 saturated carbocycles. The molecule has 0 aliphatic rings. The van der Waals surface area contributed by atoms with E-state index in [9.17, 15) is 0 Å². The molecule has 0 spiro atoms. The monoisotopic (exact) mass is 278 g/mol. The van der Waals surface area contributed by atoms with E-state index in [1.165, 1.54) is 0 Å². The normalized spacial score (nSPS) is 13.6. The average molecular weight is 278 g/mol. The van der Waals surface area contributed by atoms with Gasteiger partial charge < -0.3 is 38.3 Å². The molecule has 0 heterocycles. The van der Waals surface area contributed by atoms with Crippen LogP contribution in [0.25, 0.3) is 0 Å². The van der Waals surface area contributed by atoms with E-state index in [0.29, 0.717) is 19.6 Å². The third-order valence-electron chi connectivity index (χ3n) is 2.46. The smallest absolute Gasteiger partial charge is 0.0662 e. The Morgan fingerprint density at radius 1 is 0.789 bits per heavy atom. The van der Waals surface area contributed by atoms with E-state index in [1.807, 2.05) is 6.92 Å². The molecule has 0 bridgehead atoms. The van der Waals surface area contributed by atoms with Gasteiger partial charge in [-0.25, -0.2) is 0 Å². The van der Waals surface area contributed by atoms with Crippen LogP contribution in [-0.4, -0.2) is 69.6 Å². The van der Waals surface area contributed by atoms with Crippen molar-refractivity contribution in [1.29, 1.82) is 0 Å². The van der Waals surface area contributed by atoms with Crippen molar-refractivity contribution in [3.63, 3.8) is 0 Å². The van der Waals surface area contributed by atoms with E-state index >= 15 is 0 Å². The minimum atomic E-state index is -0.292. The van der Waals surface area contributed by atoms with Gasteiger partial charge in [0.1, 0.15) is 0 Å². The van der Waals surface area contributed by atoms with Crippen LogP contribution in [0.1, 0.15) is 13.8 Å². The van der Waals surface area contributed by atoms with Crippen molar-refractivity contribution < 1.29 is 5.11 Å². The second-order valence-electron chi connectivity index (χ2n) is 4.35. The largest absolute Gasteiger partial charge is 0.392 e. The Labute approximate surface area is 117 Å². The maximum Gasteiger partial charge on any atom is 0.0662 e. The lowest BCUT2D eigenvalue weighted by atomic mass is 10.2. The molecule has 0 aromatic carbocycles. The molecule has 10 N–H and O–H groups in total. The Hall–Kier alpha value is -0.280. The summed E-state index contributed by atoms with van der Waals surface area (Å²) in [5.41, 5.74) is 15.6. The number of rotatable bonds is 11. The van der Waals surface area contributed by atoms with Gasteiger partial charge in [-0.15, -0.1) is 0 Å². The van der Waals surface area contributed by atoms with Crippen LogP contribution in [0.3, 0.4) is 0 Å². The fourth-order valence-electron chi connectivity index (χ4n) is 1.11. The number of nitrogens with two attached hydrogens (primary N) is 3. The summed E-state index contributed by atoms with van der Waals surface area (Å²) in [5.74, 6) is 0. The van der Waals surface area contributed by atoms with Gasteiger partial charge in [0.15, 0.2) is 0 Å². The standard InChI is InChI=1S/C8H21N3O.C4H13N3/c1-7(8(2)12)11-6-5-10-4-3-9;5-1-3-7-4-2-6/h7-8,10-12H,3-6,9H2,1-2H3;7H,1-6H2. The van der Waals surface area contributed by atoms with Crippen LogP contribution in [0.4, 0.5) is 0 Å². The summed E-state index contributed by atoms with van der Waals surface area (Å²) in [6.45, 7) is 10.2. The van der Waals surface area contributed by atoms with Gasteiger partial charge in [0.2, 0.25) is 0 Å². The van der Waals surface area contributed by atoms with Gasteiger partial charge in [0, 0.05) is 58.4 Å². The third kappa shape index (κ3) is 20.2. The summed E-state index contributed by atoms with van der Waals surface area (Å²) in [7, 11) is 0. The van der Waals surface area contributed by atoms with Gasteiger partial charge in [-0.1, -0.05) is 0 Å². The first-order valence-electron chi connectivity index (χ1n) is 7.03. The first-order valence-corrected chi connectivity index (χ1v) is 7.03. The molecule has 0 fully saturated rings. The number of hydrogen-bond acceptors (Lipinski definition) is 7. The van der Waals surface area contributed by atoms with E-state index in [4.69, 9.17) is 22.3 Å². The lowest BCUT2D eigenvalue weighted by Gasteiger charge is -2.16. The van der Waals surface area contributed by atoms with E-state index < -0.39 is 0 Å². The predicted octanol–water partition coefficient (Wildman–Crippen LogP) is -2.61. The van der Waals surface area contributed by atoms with Crippen molar-refractivity contribution >= 4 is 0 Å². The Kier molecular flexibility index (Phi) is 19.6. The van der Waals surface area contributed by atoms with Crippen LogP contribution in [0.2, 0.25) is 0 Å². The quantitative estimate of drug-likeness (QED) is 0.206. The molecule has 7 heteroatoms. The van der Waals surface area contributed by atoms with Gasteiger partial charge in [0.25, 0.3) is 0 Å². The van der Waals surface area contributed by atoms with Crippen molar-refractivity contribution in [3.05, 3.63) is 0 Å². The second-order valence-corrected chi connectivity index (χ2v) is 4.35. The predicted molar refractivity (Wildman–Crippen MR) is 82.0 cm³/mol. The molecule has 19 heavy (non-hydrogen) atoms. The Morgan fingerprint density at radius 2 is 1.21 bits per heavy atom. The molecule has 0 amide bonds. The maximum absolute atomic E-state index is 9.12. The van der Waals surface area contributed by atoms with Crippen LogP contribution < -0.4 is 33.2 Å². The highest BCUT2D eigenvalue weighted by Gasteiger charge is 2.05. The molecule has 118 valence electrons. The fraction of sp³-hybridized carbons (Fsp3) is 1.00. The molecule has 0 radical (unpaired) electrons. The van der Waals surface area contributed by atoms with Gasteiger partial charge in [0.05, 0.1) is 6.10 Å². The van der Waals surface area contributed by atoms with Crippen LogP contribution in [0.5, 0.6) is 0 Å². The molecular formula is C12H34N6O. The maximum atomic E-state index is 9.12. The highest BCUT2D eigenvalue weighted by molar-refractivity contribution is 4.66. The van der Waals surface area contributed by atoms with Crippen LogP contribution >= 0.6 is 0 Å². The highest BCUT2D eigenvalue weighted by atomic mass is 16.3. The van der Waals surface area contributed by atoms with Crippen molar-refractivity contribution in [2.45, 2.75) is 26.0 Å². The summed E-state index contributed by atoms with van der Waals surface area (Å²) in [6.07, 6.45) is -0.292. The van der Waals surface area contributed by atoms with Gasteiger partial charge in [-0.3, -0.25) is 0 Å². The van der Waals surface area contributed by atoms with E-state index in [1.54, 1.807) is 6.92 Å². The van der Waals surface area contributed by atoms with E-state index in [0.717, 1.165) is 32.7 Å². The molecule has 2 unspecified atom stereocenters. The van der Waals surface area contributed by atoms with Crippen LogP contribution in [-0.2, 0) is 0 Å². The van der Waals surface area contributed by atoms with Crippen molar-refractivity contribution in [2.24, 2.45) is 17.2 Å². The Balaban J connectivity index is 0. The van der Waals surface area contributed by atoms with E-state index in [-0.39, 0.29) is 12.1 Å². The molecule has 0 aliphatic carbocycles. The minimum absolute atomic E-state index is 0.157. The molecule has 0 saturated heterocycles. The van der Waals surface area contributed by atoms with Gasteiger partial charge in [-0.2, -0.15) is 0 Å². The van der Waals surface area contributed by atoms with Gasteiger partial charge >= 0.3 is 0 Å². The summed E-state index contributed by atoms with van der Waals surface area (Å²) in [4.78, 5) is 0. The molecule has 0 rings (SSSR count). The molecular weight excluding hydrogens is 244 g/mol. The third-order valence-corrected chi connectivity index (χ3v) is 2.46. The van der Waals surface area contributed by atoms with Crippen LogP contribution in [0.15, 0.2) is 0 Å². The average Bonchev–Trinajstić information content (AvgIpc) is 2.39. The summed E-state index contributed by atoms with van der Waals surface area (Å²) in [5, 5.41) is 18.5. The number of aliphatic hydroxyl groups excluding tert-OH is 1.